The third-order valence-electron chi connectivity index (χ3n) is 5.51. The molecular formula is C23H27N3O4. The summed E-state index contributed by atoms with van der Waals surface area (Å²) in [5.41, 5.74) is 3.37. The summed E-state index contributed by atoms with van der Waals surface area (Å²) in [6, 6.07) is 11.1. The fourth-order valence-corrected chi connectivity index (χ4v) is 4.17. The third-order valence-corrected chi connectivity index (χ3v) is 5.51. The van der Waals surface area contributed by atoms with Crippen LogP contribution in [0.2, 0.25) is 0 Å². The number of carbonyl (C=O) groups is 2. The van der Waals surface area contributed by atoms with Crippen LogP contribution in [-0.2, 0) is 14.3 Å². The van der Waals surface area contributed by atoms with Gasteiger partial charge in [-0.15, -0.1) is 0 Å². The number of nitrogens with one attached hydrogen (secondary N) is 2. The minimum absolute atomic E-state index is 0.100. The van der Waals surface area contributed by atoms with E-state index in [-0.39, 0.29) is 18.2 Å². The second-order valence-electron chi connectivity index (χ2n) is 7.55. The Bertz CT molecular complexity index is 936. The molecule has 0 bridgehead atoms. The maximum atomic E-state index is 13.0. The number of ketones is 1. The molecule has 7 heteroatoms. The second-order valence-corrected chi connectivity index (χ2v) is 7.55. The summed E-state index contributed by atoms with van der Waals surface area (Å²) < 4.78 is 10.8. The first kappa shape index (κ1) is 20.2. The average Bonchev–Trinajstić information content (AvgIpc) is 3.23. The summed E-state index contributed by atoms with van der Waals surface area (Å²) in [5.74, 6) is 0.650. The van der Waals surface area contributed by atoms with Crippen LogP contribution in [-0.4, -0.2) is 38.5 Å². The predicted octanol–water partition coefficient (Wildman–Crippen LogP) is 3.41. The number of carbonyl (C=O) groups excluding carboxylic acids is 2. The number of para-hydroxylation sites is 2. The Kier molecular flexibility index (Phi) is 6.18. The quantitative estimate of drug-likeness (QED) is 0.682. The van der Waals surface area contributed by atoms with Gasteiger partial charge >= 0.3 is 0 Å². The van der Waals surface area contributed by atoms with E-state index in [1.807, 2.05) is 41.3 Å². The van der Waals surface area contributed by atoms with Crippen LogP contribution in [0.5, 0.6) is 0 Å². The van der Waals surface area contributed by atoms with Gasteiger partial charge in [0.1, 0.15) is 11.8 Å². The van der Waals surface area contributed by atoms with Crippen LogP contribution >= 0.6 is 0 Å². The fourth-order valence-electron chi connectivity index (χ4n) is 4.17. The molecule has 2 aliphatic rings. The minimum Gasteiger partial charge on any atom is -0.467 e. The van der Waals surface area contributed by atoms with Crippen LogP contribution in [0.15, 0.2) is 58.3 Å². The Morgan fingerprint density at radius 1 is 1.27 bits per heavy atom. The van der Waals surface area contributed by atoms with E-state index in [1.165, 1.54) is 0 Å². The molecular weight excluding hydrogens is 382 g/mol. The molecule has 30 heavy (non-hydrogen) atoms. The normalized spacial score (nSPS) is 18.4. The SMILES string of the molecule is COCCCNC(=O)CN1c2ccccc2NC2=C(C(=O)CCC2)C1c1ccco1. The predicted molar refractivity (Wildman–Crippen MR) is 114 cm³/mol. The third kappa shape index (κ3) is 4.11. The Morgan fingerprint density at radius 2 is 2.13 bits per heavy atom. The van der Waals surface area contributed by atoms with E-state index < -0.39 is 6.04 Å². The molecule has 158 valence electrons. The van der Waals surface area contributed by atoms with Crippen molar-refractivity contribution in [3.05, 3.63) is 59.7 Å². The van der Waals surface area contributed by atoms with Gasteiger partial charge in [0.25, 0.3) is 0 Å². The number of rotatable bonds is 7. The van der Waals surface area contributed by atoms with Crippen molar-refractivity contribution in [2.24, 2.45) is 0 Å². The highest BCUT2D eigenvalue weighted by Crippen LogP contribution is 2.44. The summed E-state index contributed by atoms with van der Waals surface area (Å²) in [5, 5.41) is 6.43. The molecule has 1 aliphatic heterocycles. The summed E-state index contributed by atoms with van der Waals surface area (Å²) in [6.07, 6.45) is 4.47. The number of hydrogen-bond donors (Lipinski definition) is 2. The molecule has 2 N–H and O–H groups in total. The highest BCUT2D eigenvalue weighted by Gasteiger charge is 2.38. The van der Waals surface area contributed by atoms with Crippen LogP contribution < -0.4 is 15.5 Å². The first-order valence-corrected chi connectivity index (χ1v) is 10.4. The molecule has 0 spiro atoms. The van der Waals surface area contributed by atoms with Crippen LogP contribution in [0.3, 0.4) is 0 Å². The maximum absolute atomic E-state index is 13.0. The van der Waals surface area contributed by atoms with E-state index in [0.717, 1.165) is 36.3 Å². The zero-order chi connectivity index (χ0) is 20.9. The van der Waals surface area contributed by atoms with Crippen LogP contribution in [0.4, 0.5) is 11.4 Å². The lowest BCUT2D eigenvalue weighted by Crippen LogP contribution is -2.41. The Hall–Kier alpha value is -3.06. The van der Waals surface area contributed by atoms with E-state index in [9.17, 15) is 9.59 Å². The summed E-state index contributed by atoms with van der Waals surface area (Å²) >= 11 is 0. The topological polar surface area (TPSA) is 83.8 Å². The summed E-state index contributed by atoms with van der Waals surface area (Å²) in [6.45, 7) is 1.25. The second kappa shape index (κ2) is 9.17. The van der Waals surface area contributed by atoms with E-state index in [4.69, 9.17) is 9.15 Å². The van der Waals surface area contributed by atoms with Gasteiger partial charge in [-0.25, -0.2) is 0 Å². The lowest BCUT2D eigenvalue weighted by molar-refractivity contribution is -0.120. The van der Waals surface area contributed by atoms with Crippen molar-refractivity contribution in [3.8, 4) is 0 Å². The maximum Gasteiger partial charge on any atom is 0.239 e. The number of ether oxygens (including phenoxy) is 1. The Labute approximate surface area is 176 Å². The van der Waals surface area contributed by atoms with Gasteiger partial charge in [-0.05, 0) is 43.5 Å². The molecule has 1 aliphatic carbocycles. The molecule has 1 amide bonds. The van der Waals surface area contributed by atoms with E-state index in [2.05, 4.69) is 10.6 Å². The van der Waals surface area contributed by atoms with Crippen molar-refractivity contribution in [2.75, 3.05) is 37.0 Å². The van der Waals surface area contributed by atoms with Gasteiger partial charge in [0.2, 0.25) is 5.91 Å². The molecule has 1 aromatic heterocycles. The molecule has 0 radical (unpaired) electrons. The molecule has 7 nitrogen and oxygen atoms in total. The van der Waals surface area contributed by atoms with Crippen molar-refractivity contribution in [3.63, 3.8) is 0 Å². The number of benzene rings is 1. The number of Topliss-reactive ketones (excluding diaryl/α,β-unsaturated/α-hetero) is 1. The lowest BCUT2D eigenvalue weighted by Gasteiger charge is -2.33. The van der Waals surface area contributed by atoms with Crippen molar-refractivity contribution in [1.29, 1.82) is 0 Å². The summed E-state index contributed by atoms with van der Waals surface area (Å²) in [4.78, 5) is 27.8. The van der Waals surface area contributed by atoms with Gasteiger partial charge < -0.3 is 24.7 Å². The number of methoxy groups -OCH3 is 1. The number of amides is 1. The van der Waals surface area contributed by atoms with Gasteiger partial charge in [0.15, 0.2) is 5.78 Å². The van der Waals surface area contributed by atoms with Crippen molar-refractivity contribution < 1.29 is 18.7 Å². The van der Waals surface area contributed by atoms with Gasteiger partial charge in [0.05, 0.1) is 24.2 Å². The Balaban J connectivity index is 1.73. The number of nitrogens with zero attached hydrogens (tertiary/aromatic N) is 1. The van der Waals surface area contributed by atoms with Crippen molar-refractivity contribution in [2.45, 2.75) is 31.7 Å². The fraction of sp³-hybridized carbons (Fsp3) is 0.391. The molecule has 1 unspecified atom stereocenters. The van der Waals surface area contributed by atoms with Crippen LogP contribution in [0.25, 0.3) is 0 Å². The zero-order valence-corrected chi connectivity index (χ0v) is 17.1. The number of hydrogen-bond acceptors (Lipinski definition) is 6. The van der Waals surface area contributed by atoms with Gasteiger partial charge in [0, 0.05) is 38.0 Å². The van der Waals surface area contributed by atoms with Crippen molar-refractivity contribution >= 4 is 23.1 Å². The monoisotopic (exact) mass is 409 g/mol. The highest BCUT2D eigenvalue weighted by molar-refractivity contribution is 6.01. The smallest absolute Gasteiger partial charge is 0.239 e. The van der Waals surface area contributed by atoms with Gasteiger partial charge in [-0.3, -0.25) is 9.59 Å². The van der Waals surface area contributed by atoms with E-state index in [0.29, 0.717) is 30.9 Å². The average molecular weight is 409 g/mol. The largest absolute Gasteiger partial charge is 0.467 e. The lowest BCUT2D eigenvalue weighted by atomic mass is 9.88. The van der Waals surface area contributed by atoms with Gasteiger partial charge in [-0.2, -0.15) is 0 Å². The molecule has 1 aromatic carbocycles. The van der Waals surface area contributed by atoms with Crippen LogP contribution in [0.1, 0.15) is 37.5 Å². The zero-order valence-electron chi connectivity index (χ0n) is 17.1. The molecule has 2 heterocycles. The first-order valence-electron chi connectivity index (χ1n) is 10.4. The van der Waals surface area contributed by atoms with E-state index in [1.54, 1.807) is 13.4 Å². The first-order chi connectivity index (χ1) is 14.7. The molecule has 0 fully saturated rings. The number of allylic oxidation sites excluding steroid dienone is 1. The summed E-state index contributed by atoms with van der Waals surface area (Å²) in [7, 11) is 1.64. The van der Waals surface area contributed by atoms with Crippen molar-refractivity contribution in [1.82, 2.24) is 5.32 Å². The molecule has 2 aromatic rings. The highest BCUT2D eigenvalue weighted by atomic mass is 16.5. The standard InChI is InChI=1S/C23H27N3O4/c1-29-13-6-12-24-21(28)15-26-18-9-3-2-7-16(18)25-17-8-4-10-19(27)22(17)23(26)20-11-5-14-30-20/h2-3,5,7,9,11,14,23,25H,4,6,8,10,12-13,15H2,1H3,(H,24,28). The molecule has 1 atom stereocenters. The minimum atomic E-state index is -0.455. The van der Waals surface area contributed by atoms with Crippen LogP contribution in [0, 0.1) is 0 Å². The molecule has 0 saturated carbocycles. The number of anilines is 2. The number of furan rings is 1. The van der Waals surface area contributed by atoms with E-state index >= 15 is 0 Å². The number of fused-ring (bicyclic) bond motifs is 1. The molecule has 0 saturated heterocycles. The van der Waals surface area contributed by atoms with Gasteiger partial charge in [-0.1, -0.05) is 12.1 Å². The Morgan fingerprint density at radius 3 is 2.93 bits per heavy atom. The molecule has 4 rings (SSSR count).